The summed E-state index contributed by atoms with van der Waals surface area (Å²) in [5, 5.41) is 26.8. The second-order valence-electron chi connectivity index (χ2n) is 11.9. The second-order valence-corrected chi connectivity index (χ2v) is 11.9. The van der Waals surface area contributed by atoms with E-state index in [0.29, 0.717) is 31.1 Å². The summed E-state index contributed by atoms with van der Waals surface area (Å²) in [6.45, 7) is 7.39. The standard InChI is InChI=1S/C34H28N4O8/c1-5-15(6-2)35-31(39)19-11-9-17-25-18(10-12-20(26(19)25)32(35)40)29-24(38(45)46)14-22-27-21(13-23(37(43)44)28(17)30(27)29)33(41)36(34(22)42)16(7-3)8-4/h9-16H,5-8H2,1-4H3. The van der Waals surface area contributed by atoms with Crippen molar-refractivity contribution in [2.75, 3.05) is 0 Å². The van der Waals surface area contributed by atoms with Crippen LogP contribution in [0, 0.1) is 20.2 Å². The summed E-state index contributed by atoms with van der Waals surface area (Å²) in [5.74, 6) is -2.41. The number of carbonyl (C=O) groups excluding carboxylic acids is 4. The van der Waals surface area contributed by atoms with Gasteiger partial charge in [-0.25, -0.2) is 0 Å². The number of benzene rings is 5. The van der Waals surface area contributed by atoms with E-state index in [1.807, 2.05) is 27.7 Å². The van der Waals surface area contributed by atoms with E-state index in [4.69, 9.17) is 0 Å². The van der Waals surface area contributed by atoms with E-state index in [0.717, 1.165) is 17.0 Å². The molecule has 0 atom stereocenters. The van der Waals surface area contributed by atoms with Gasteiger partial charge in [-0.05, 0) is 54.0 Å². The second kappa shape index (κ2) is 9.99. The largest absolute Gasteiger partial charge is 0.278 e. The van der Waals surface area contributed by atoms with Crippen LogP contribution in [0.1, 0.15) is 94.8 Å². The number of nitro benzene ring substituents is 2. The van der Waals surface area contributed by atoms with Crippen molar-refractivity contribution in [3.63, 3.8) is 0 Å². The van der Waals surface area contributed by atoms with E-state index in [2.05, 4.69) is 0 Å². The predicted molar refractivity (Wildman–Crippen MR) is 171 cm³/mol. The van der Waals surface area contributed by atoms with Crippen LogP contribution in [0.3, 0.4) is 0 Å². The highest BCUT2D eigenvalue weighted by Gasteiger charge is 2.43. The van der Waals surface area contributed by atoms with E-state index in [-0.39, 0.29) is 66.0 Å². The molecule has 12 heteroatoms. The van der Waals surface area contributed by atoms with E-state index in [1.54, 1.807) is 12.1 Å². The first-order valence-corrected chi connectivity index (χ1v) is 15.3. The Kier molecular flexibility index (Phi) is 6.35. The molecule has 5 aromatic rings. The molecule has 0 saturated carbocycles. The number of hydrogen-bond acceptors (Lipinski definition) is 8. The molecule has 2 aliphatic heterocycles. The first-order valence-electron chi connectivity index (χ1n) is 15.3. The first kappa shape index (κ1) is 29.2. The third-order valence-corrected chi connectivity index (χ3v) is 9.87. The third-order valence-electron chi connectivity index (χ3n) is 9.87. The lowest BCUT2D eigenvalue weighted by atomic mass is 9.80. The van der Waals surface area contributed by atoms with Crippen LogP contribution in [0.15, 0.2) is 36.4 Å². The number of hydrogen-bond donors (Lipinski definition) is 0. The summed E-state index contributed by atoms with van der Waals surface area (Å²) in [6.07, 6.45) is 1.96. The van der Waals surface area contributed by atoms with Crippen molar-refractivity contribution in [1.82, 2.24) is 9.80 Å². The van der Waals surface area contributed by atoms with Gasteiger partial charge in [-0.15, -0.1) is 0 Å². The lowest BCUT2D eigenvalue weighted by Crippen LogP contribution is -2.46. The summed E-state index contributed by atoms with van der Waals surface area (Å²) in [6, 6.07) is 7.59. The van der Waals surface area contributed by atoms with Crippen LogP contribution >= 0.6 is 0 Å². The van der Waals surface area contributed by atoms with Gasteiger partial charge < -0.3 is 0 Å². The normalized spacial score (nSPS) is 14.8. The number of nitro groups is 2. The Morgan fingerprint density at radius 3 is 1.22 bits per heavy atom. The minimum atomic E-state index is -0.700. The molecule has 2 heterocycles. The van der Waals surface area contributed by atoms with E-state index < -0.39 is 50.9 Å². The SMILES string of the molecule is CCC(CC)N1C(=O)c2ccc3c4c([N+](=O)[O-])cc5c6c(cc([N+](=O)[O-])c(c7ccc(c2c37)C1=O)c64)C(=O)N(C(CC)CC)C5=O. The molecule has 0 fully saturated rings. The maximum Gasteiger partial charge on any atom is 0.278 e. The first-order chi connectivity index (χ1) is 22.0. The molecule has 0 spiro atoms. The highest BCUT2D eigenvalue weighted by Crippen LogP contribution is 2.52. The quantitative estimate of drug-likeness (QED) is 0.0582. The Morgan fingerprint density at radius 2 is 0.870 bits per heavy atom. The fraction of sp³-hybridized carbons (Fsp3) is 0.294. The van der Waals surface area contributed by atoms with Crippen LogP contribution in [-0.4, -0.2) is 55.4 Å². The molecule has 12 nitrogen and oxygen atoms in total. The Balaban J connectivity index is 1.71. The Morgan fingerprint density at radius 1 is 0.522 bits per heavy atom. The number of rotatable bonds is 8. The molecule has 46 heavy (non-hydrogen) atoms. The Labute approximate surface area is 261 Å². The number of amides is 4. The summed E-state index contributed by atoms with van der Waals surface area (Å²) in [5.41, 5.74) is -0.673. The third kappa shape index (κ3) is 3.49. The average Bonchev–Trinajstić information content (AvgIpc) is 3.04. The fourth-order valence-corrected chi connectivity index (χ4v) is 7.72. The van der Waals surface area contributed by atoms with Crippen LogP contribution in [0.5, 0.6) is 0 Å². The molecule has 0 radical (unpaired) electrons. The van der Waals surface area contributed by atoms with Gasteiger partial charge >= 0.3 is 0 Å². The average molecular weight is 621 g/mol. The number of imide groups is 2. The lowest BCUT2D eigenvalue weighted by Gasteiger charge is -2.34. The van der Waals surface area contributed by atoms with Crippen LogP contribution in [0.2, 0.25) is 0 Å². The zero-order valence-electron chi connectivity index (χ0n) is 25.5. The Hall–Kier alpha value is -5.52. The summed E-state index contributed by atoms with van der Waals surface area (Å²) in [4.78, 5) is 82.0. The maximum atomic E-state index is 13.9. The smallest absolute Gasteiger partial charge is 0.271 e. The molecule has 0 aliphatic carbocycles. The van der Waals surface area contributed by atoms with Gasteiger partial charge in [0.1, 0.15) is 0 Å². The zero-order valence-corrected chi connectivity index (χ0v) is 25.5. The van der Waals surface area contributed by atoms with Crippen molar-refractivity contribution in [3.8, 4) is 0 Å². The van der Waals surface area contributed by atoms with Gasteiger partial charge in [-0.3, -0.25) is 49.2 Å². The highest BCUT2D eigenvalue weighted by molar-refractivity contribution is 6.43. The van der Waals surface area contributed by atoms with Gasteiger partial charge in [0.05, 0.1) is 31.7 Å². The zero-order chi connectivity index (χ0) is 32.9. The molecule has 4 amide bonds. The minimum Gasteiger partial charge on any atom is -0.271 e. The molecule has 0 N–H and O–H groups in total. The molecular weight excluding hydrogens is 592 g/mol. The molecule has 0 unspecified atom stereocenters. The van der Waals surface area contributed by atoms with Crippen molar-refractivity contribution < 1.29 is 29.0 Å². The molecular formula is C34H28N4O8. The van der Waals surface area contributed by atoms with Crippen molar-refractivity contribution >= 4 is 78.1 Å². The predicted octanol–water partition coefficient (Wildman–Crippen LogP) is 7.12. The number of fused-ring (bicyclic) bond motifs is 2. The molecule has 5 aromatic carbocycles. The van der Waals surface area contributed by atoms with Crippen LogP contribution in [-0.2, 0) is 0 Å². The molecule has 7 rings (SSSR count). The topological polar surface area (TPSA) is 161 Å². The van der Waals surface area contributed by atoms with E-state index >= 15 is 0 Å². The van der Waals surface area contributed by atoms with Gasteiger partial charge in [-0.1, -0.05) is 39.8 Å². The number of nitrogens with zero attached hydrogens (tertiary/aromatic N) is 4. The molecule has 0 saturated heterocycles. The fourth-order valence-electron chi connectivity index (χ4n) is 7.72. The van der Waals surface area contributed by atoms with Gasteiger partial charge in [0.25, 0.3) is 35.0 Å². The van der Waals surface area contributed by atoms with Gasteiger partial charge in [-0.2, -0.15) is 0 Å². The van der Waals surface area contributed by atoms with Crippen LogP contribution in [0.25, 0.3) is 43.1 Å². The molecule has 2 aliphatic rings. The van der Waals surface area contributed by atoms with Gasteiger partial charge in [0.15, 0.2) is 0 Å². The van der Waals surface area contributed by atoms with Crippen molar-refractivity contribution in [2.24, 2.45) is 0 Å². The number of non-ortho nitro benzene ring substituents is 2. The monoisotopic (exact) mass is 620 g/mol. The van der Waals surface area contributed by atoms with E-state index in [1.165, 1.54) is 17.0 Å². The van der Waals surface area contributed by atoms with Gasteiger partial charge in [0, 0.05) is 51.5 Å². The summed E-state index contributed by atoms with van der Waals surface area (Å²) >= 11 is 0. The Bertz CT molecular complexity index is 2130. The number of carbonyl (C=O) groups is 4. The summed E-state index contributed by atoms with van der Waals surface area (Å²) in [7, 11) is 0. The van der Waals surface area contributed by atoms with Crippen molar-refractivity contribution in [1.29, 1.82) is 0 Å². The highest BCUT2D eigenvalue weighted by atomic mass is 16.6. The maximum absolute atomic E-state index is 13.9. The molecule has 0 aromatic heterocycles. The van der Waals surface area contributed by atoms with Crippen molar-refractivity contribution in [3.05, 3.63) is 78.9 Å². The minimum absolute atomic E-state index is 0.00111. The van der Waals surface area contributed by atoms with Crippen LogP contribution in [0.4, 0.5) is 11.4 Å². The van der Waals surface area contributed by atoms with Gasteiger partial charge in [0.2, 0.25) is 0 Å². The molecule has 0 bridgehead atoms. The lowest BCUT2D eigenvalue weighted by molar-refractivity contribution is -0.383. The van der Waals surface area contributed by atoms with Crippen LogP contribution < -0.4 is 0 Å². The molecule has 232 valence electrons. The van der Waals surface area contributed by atoms with Crippen molar-refractivity contribution in [2.45, 2.75) is 65.5 Å². The van der Waals surface area contributed by atoms with E-state index in [9.17, 15) is 39.4 Å². The summed E-state index contributed by atoms with van der Waals surface area (Å²) < 4.78 is 0.